The Hall–Kier alpha value is -0.860. The lowest BCUT2D eigenvalue weighted by molar-refractivity contribution is -0.727. The molecule has 2 aliphatic heterocycles. The Balaban J connectivity index is 0.00000300. The smallest absolute Gasteiger partial charge is 0.309 e. The molecule has 2 saturated heterocycles. The lowest BCUT2D eigenvalue weighted by Crippen LogP contribution is -3.00. The zero-order valence-corrected chi connectivity index (χ0v) is 19.6. The summed E-state index contributed by atoms with van der Waals surface area (Å²) in [5.74, 6) is 1.26. The van der Waals surface area contributed by atoms with Gasteiger partial charge in [-0.2, -0.15) is 0 Å². The molecule has 0 N–H and O–H groups in total. The number of aryl methyl sites for hydroxylation is 1. The summed E-state index contributed by atoms with van der Waals surface area (Å²) in [5.41, 5.74) is 1.12. The Kier molecular flexibility index (Phi) is 10.2. The van der Waals surface area contributed by atoms with E-state index in [1.807, 2.05) is 57.2 Å². The number of imidazole rings is 1. The van der Waals surface area contributed by atoms with Crippen LogP contribution in [0.15, 0.2) is 12.5 Å². The van der Waals surface area contributed by atoms with Gasteiger partial charge >= 0.3 is 11.9 Å². The predicted octanol–water partition coefficient (Wildman–Crippen LogP) is 0.273. The van der Waals surface area contributed by atoms with Crippen LogP contribution in [0.5, 0.6) is 0 Å². The number of halogens is 1. The van der Waals surface area contributed by atoms with E-state index in [0.29, 0.717) is 13.0 Å². The molecule has 0 saturated carbocycles. The molecular weight excluding hydrogens is 432 g/mol. The highest BCUT2D eigenvalue weighted by Gasteiger charge is 2.36. The number of aromatic nitrogens is 2. The Morgan fingerprint density at radius 1 is 1.41 bits per heavy atom. The molecule has 9 heteroatoms. The van der Waals surface area contributed by atoms with Crippen LogP contribution in [-0.4, -0.2) is 34.1 Å². The van der Waals surface area contributed by atoms with Crippen LogP contribution in [0.3, 0.4) is 0 Å². The summed E-state index contributed by atoms with van der Waals surface area (Å²) in [6.07, 6.45) is 10.5. The monoisotopic (exact) mass is 462 g/mol. The fourth-order valence-electron chi connectivity index (χ4n) is 3.88. The Morgan fingerprint density at radius 3 is 2.97 bits per heavy atom. The number of nitrogens with zero attached hydrogens (tertiary/aromatic N) is 2. The van der Waals surface area contributed by atoms with Crippen molar-refractivity contribution in [1.82, 2.24) is 4.57 Å². The molecule has 0 spiro atoms. The lowest BCUT2D eigenvalue weighted by Gasteiger charge is -2.10. The van der Waals surface area contributed by atoms with E-state index < -0.39 is 0 Å². The second-order valence-electron chi connectivity index (χ2n) is 7.69. The molecule has 1 aromatic rings. The summed E-state index contributed by atoms with van der Waals surface area (Å²) in [6, 6.07) is 0. The minimum absolute atomic E-state index is 0. The maximum Gasteiger partial charge on any atom is 0.309 e. The van der Waals surface area contributed by atoms with E-state index >= 15 is 0 Å². The first-order valence-corrected chi connectivity index (χ1v) is 12.6. The highest BCUT2D eigenvalue weighted by Crippen LogP contribution is 2.39. The Morgan fingerprint density at radius 2 is 2.24 bits per heavy atom. The Labute approximate surface area is 187 Å². The van der Waals surface area contributed by atoms with Gasteiger partial charge in [0.1, 0.15) is 11.9 Å². The van der Waals surface area contributed by atoms with Crippen molar-refractivity contribution in [2.24, 2.45) is 18.9 Å². The first-order valence-electron chi connectivity index (χ1n) is 10.2. The molecule has 1 aromatic heterocycles. The lowest BCUT2D eigenvalue weighted by atomic mass is 9.89. The topological polar surface area (TPSA) is 61.4 Å². The molecular formula is C20H31ClN2O4S2. The summed E-state index contributed by atoms with van der Waals surface area (Å²) >= 11 is 0. The molecule has 0 aliphatic carbocycles. The van der Waals surface area contributed by atoms with Crippen molar-refractivity contribution in [3.8, 4) is 0 Å². The van der Waals surface area contributed by atoms with E-state index in [2.05, 4.69) is 0 Å². The summed E-state index contributed by atoms with van der Waals surface area (Å²) in [7, 11) is 5.93. The van der Waals surface area contributed by atoms with Crippen LogP contribution in [-0.2, 0) is 39.3 Å². The van der Waals surface area contributed by atoms with Gasteiger partial charge in [-0.15, -0.1) is 0 Å². The highest BCUT2D eigenvalue weighted by atomic mass is 35.5. The van der Waals surface area contributed by atoms with Crippen LogP contribution in [0.1, 0.15) is 51.1 Å². The number of cyclic esters (lactones) is 1. The summed E-state index contributed by atoms with van der Waals surface area (Å²) in [5, 5.41) is 0.771. The van der Waals surface area contributed by atoms with Gasteiger partial charge in [0.25, 0.3) is 0 Å². The molecule has 0 amide bonds. The van der Waals surface area contributed by atoms with Crippen molar-refractivity contribution in [3.05, 3.63) is 18.2 Å². The molecule has 0 bridgehead atoms. The highest BCUT2D eigenvalue weighted by molar-refractivity contribution is 8.77. The molecule has 0 unspecified atom stereocenters. The van der Waals surface area contributed by atoms with E-state index in [4.69, 9.17) is 9.47 Å². The fraction of sp³-hybridized carbons (Fsp3) is 0.750. The molecule has 3 rings (SSSR count). The van der Waals surface area contributed by atoms with Gasteiger partial charge in [0.2, 0.25) is 13.1 Å². The van der Waals surface area contributed by atoms with Crippen LogP contribution in [0.2, 0.25) is 0 Å². The van der Waals surface area contributed by atoms with Crippen molar-refractivity contribution in [2.45, 2.75) is 63.9 Å². The number of carbonyl (C=O) groups excluding carboxylic acids is 2. The second kappa shape index (κ2) is 12.1. The average molecular weight is 463 g/mol. The first-order chi connectivity index (χ1) is 13.6. The van der Waals surface area contributed by atoms with Crippen molar-refractivity contribution in [2.75, 3.05) is 12.4 Å². The number of hydrogen-bond acceptors (Lipinski definition) is 6. The molecule has 3 heterocycles. The zero-order chi connectivity index (χ0) is 19.9. The van der Waals surface area contributed by atoms with Crippen LogP contribution < -0.4 is 17.0 Å². The van der Waals surface area contributed by atoms with E-state index in [0.717, 1.165) is 36.6 Å². The van der Waals surface area contributed by atoms with Gasteiger partial charge in [-0.25, -0.2) is 9.13 Å². The zero-order valence-electron chi connectivity index (χ0n) is 17.2. The van der Waals surface area contributed by atoms with Crippen molar-refractivity contribution < 1.29 is 36.0 Å². The standard InChI is InChI=1S/C20H31N2O4S2.ClH/c1-3-18-15(12-25-20(18)24)10-16-11-22(13-21(16)2)14-26-19(23)7-5-4-6-17-8-9-27-28-17;/h11,13,15,17-18H,3-10,12,14H2,1-2H3;1H/q+1;/p-1/t15-,17+,18-;/m0./s1. The van der Waals surface area contributed by atoms with Gasteiger partial charge in [-0.1, -0.05) is 34.9 Å². The number of ether oxygens (including phenoxy) is 2. The van der Waals surface area contributed by atoms with Gasteiger partial charge in [-0.05, 0) is 25.7 Å². The molecule has 164 valence electrons. The Bertz CT molecular complexity index is 679. The quantitative estimate of drug-likeness (QED) is 0.215. The molecule has 6 nitrogen and oxygen atoms in total. The number of hydrogen-bond donors (Lipinski definition) is 0. The van der Waals surface area contributed by atoms with Crippen LogP contribution in [0.4, 0.5) is 0 Å². The van der Waals surface area contributed by atoms with E-state index in [9.17, 15) is 9.59 Å². The third kappa shape index (κ3) is 7.10. The van der Waals surface area contributed by atoms with Gasteiger partial charge < -0.3 is 21.9 Å². The second-order valence-corrected chi connectivity index (χ2v) is 10.5. The van der Waals surface area contributed by atoms with E-state index in [-0.39, 0.29) is 42.9 Å². The first kappa shape index (κ1) is 24.4. The largest absolute Gasteiger partial charge is 1.00 e. The van der Waals surface area contributed by atoms with Gasteiger partial charge in [-0.3, -0.25) is 9.59 Å². The summed E-state index contributed by atoms with van der Waals surface area (Å²) in [4.78, 5) is 23.8. The van der Waals surface area contributed by atoms with Crippen LogP contribution >= 0.6 is 21.6 Å². The van der Waals surface area contributed by atoms with Crippen molar-refractivity contribution in [3.63, 3.8) is 0 Å². The minimum atomic E-state index is -0.132. The third-order valence-corrected chi connectivity index (χ3v) is 8.58. The maximum absolute atomic E-state index is 12.0. The third-order valence-electron chi connectivity index (χ3n) is 5.57. The van der Waals surface area contributed by atoms with Gasteiger partial charge in [0.05, 0.1) is 19.6 Å². The number of unbranched alkanes of at least 4 members (excludes halogenated alkanes) is 1. The number of rotatable bonds is 10. The van der Waals surface area contributed by atoms with E-state index in [1.54, 1.807) is 0 Å². The van der Waals surface area contributed by atoms with Crippen molar-refractivity contribution in [1.29, 1.82) is 0 Å². The molecule has 2 aliphatic rings. The molecule has 2 fully saturated rings. The van der Waals surface area contributed by atoms with Gasteiger partial charge in [0, 0.05) is 29.8 Å². The predicted molar refractivity (Wildman–Crippen MR) is 111 cm³/mol. The van der Waals surface area contributed by atoms with Crippen LogP contribution in [0, 0.1) is 11.8 Å². The molecule has 0 aromatic carbocycles. The van der Waals surface area contributed by atoms with Gasteiger partial charge in [0.15, 0.2) is 0 Å². The summed E-state index contributed by atoms with van der Waals surface area (Å²) in [6.45, 7) is 2.76. The normalized spacial score (nSPS) is 23.7. The summed E-state index contributed by atoms with van der Waals surface area (Å²) < 4.78 is 14.6. The molecule has 3 atom stereocenters. The minimum Gasteiger partial charge on any atom is -1.00 e. The maximum atomic E-state index is 12.0. The SMILES string of the molecule is CC[C@@H]1C(=O)OC[C@@H]1Cc1c[n+](COC(=O)CCCC[C@@H]2CCSS2)cn1C.[Cl-]. The van der Waals surface area contributed by atoms with E-state index in [1.165, 1.54) is 18.6 Å². The number of carbonyl (C=O) groups is 2. The molecule has 0 radical (unpaired) electrons. The number of esters is 2. The van der Waals surface area contributed by atoms with Crippen LogP contribution in [0.25, 0.3) is 0 Å². The average Bonchev–Trinajstić information content (AvgIpc) is 3.39. The van der Waals surface area contributed by atoms with Crippen molar-refractivity contribution >= 4 is 33.5 Å². The fourth-order valence-corrected chi connectivity index (χ4v) is 6.91. The molecule has 29 heavy (non-hydrogen) atoms.